The maximum Gasteiger partial charge on any atom is 0.408 e. The summed E-state index contributed by atoms with van der Waals surface area (Å²) >= 11 is 5.66. The molecule has 1 aromatic carbocycles. The van der Waals surface area contributed by atoms with Crippen LogP contribution < -0.4 is 4.72 Å². The molecule has 1 N–H and O–H groups in total. The van der Waals surface area contributed by atoms with E-state index in [9.17, 15) is 21.6 Å². The number of rotatable bonds is 4. The highest BCUT2D eigenvalue weighted by Crippen LogP contribution is 2.34. The molecule has 0 aliphatic carbocycles. The van der Waals surface area contributed by atoms with E-state index in [1.165, 1.54) is 22.9 Å². The number of nitrogens with zero attached hydrogens (tertiary/aromatic N) is 4. The SMILES string of the molecule is O=S(=O)(NC(c1ccc(Cl)cc1)C(F)(F)F)c1cc2nncn2cn1. The van der Waals surface area contributed by atoms with Gasteiger partial charge < -0.3 is 0 Å². The molecule has 0 bridgehead atoms. The lowest BCUT2D eigenvalue weighted by atomic mass is 10.1. The van der Waals surface area contributed by atoms with E-state index in [-0.39, 0.29) is 16.2 Å². The van der Waals surface area contributed by atoms with Crippen molar-refractivity contribution in [3.05, 3.63) is 53.6 Å². The molecular formula is C13H9ClF3N5O2S. The van der Waals surface area contributed by atoms with Gasteiger partial charge in [-0.05, 0) is 17.7 Å². The highest BCUT2D eigenvalue weighted by atomic mass is 35.5. The van der Waals surface area contributed by atoms with Crippen molar-refractivity contribution in [2.75, 3.05) is 0 Å². The summed E-state index contributed by atoms with van der Waals surface area (Å²) in [6.07, 6.45) is -2.49. The van der Waals surface area contributed by atoms with Crippen molar-refractivity contribution in [3.8, 4) is 0 Å². The Labute approximate surface area is 144 Å². The summed E-state index contributed by atoms with van der Waals surface area (Å²) in [5, 5.41) is 6.81. The van der Waals surface area contributed by atoms with Crippen LogP contribution in [0.5, 0.6) is 0 Å². The predicted molar refractivity (Wildman–Crippen MR) is 81.4 cm³/mol. The van der Waals surface area contributed by atoms with Crippen LogP contribution in [0.25, 0.3) is 5.65 Å². The first-order chi connectivity index (χ1) is 11.7. The minimum Gasteiger partial charge on any atom is -0.272 e. The molecule has 132 valence electrons. The molecule has 0 radical (unpaired) electrons. The van der Waals surface area contributed by atoms with Gasteiger partial charge in [-0.2, -0.15) is 17.9 Å². The second kappa shape index (κ2) is 6.24. The third-order valence-corrected chi connectivity index (χ3v) is 4.81. The van der Waals surface area contributed by atoms with Gasteiger partial charge in [0.05, 0.1) is 0 Å². The van der Waals surface area contributed by atoms with Gasteiger partial charge in [0.1, 0.15) is 18.7 Å². The Morgan fingerprint density at radius 1 is 1.16 bits per heavy atom. The zero-order chi connectivity index (χ0) is 18.2. The smallest absolute Gasteiger partial charge is 0.272 e. The van der Waals surface area contributed by atoms with Crippen molar-refractivity contribution in [1.29, 1.82) is 0 Å². The first-order valence-corrected chi connectivity index (χ1v) is 8.53. The average Bonchev–Trinajstić information content (AvgIpc) is 3.00. The molecule has 0 spiro atoms. The Morgan fingerprint density at radius 3 is 2.48 bits per heavy atom. The Kier molecular flexibility index (Phi) is 4.39. The van der Waals surface area contributed by atoms with E-state index >= 15 is 0 Å². The van der Waals surface area contributed by atoms with Gasteiger partial charge in [-0.25, -0.2) is 13.4 Å². The van der Waals surface area contributed by atoms with Crippen molar-refractivity contribution >= 4 is 27.3 Å². The fourth-order valence-corrected chi connectivity index (χ4v) is 3.33. The van der Waals surface area contributed by atoms with Crippen LogP contribution in [0, 0.1) is 0 Å². The maximum atomic E-state index is 13.3. The van der Waals surface area contributed by atoms with Gasteiger partial charge in [0, 0.05) is 11.1 Å². The van der Waals surface area contributed by atoms with Crippen molar-refractivity contribution in [2.24, 2.45) is 0 Å². The van der Waals surface area contributed by atoms with Crippen LogP contribution in [0.2, 0.25) is 5.02 Å². The van der Waals surface area contributed by atoms with E-state index in [2.05, 4.69) is 15.2 Å². The van der Waals surface area contributed by atoms with Crippen LogP contribution >= 0.6 is 11.6 Å². The van der Waals surface area contributed by atoms with E-state index in [1.54, 1.807) is 4.72 Å². The number of alkyl halides is 3. The van der Waals surface area contributed by atoms with E-state index in [4.69, 9.17) is 11.6 Å². The zero-order valence-electron chi connectivity index (χ0n) is 12.1. The quantitative estimate of drug-likeness (QED) is 0.690. The second-order valence-corrected chi connectivity index (χ2v) is 7.07. The Bertz CT molecular complexity index is 1000. The zero-order valence-corrected chi connectivity index (χ0v) is 13.7. The van der Waals surface area contributed by atoms with Crippen LogP contribution in [-0.2, 0) is 10.0 Å². The van der Waals surface area contributed by atoms with Gasteiger partial charge in [-0.1, -0.05) is 23.7 Å². The summed E-state index contributed by atoms with van der Waals surface area (Å²) in [4.78, 5) is 3.64. The third-order valence-electron chi connectivity index (χ3n) is 3.24. The van der Waals surface area contributed by atoms with Crippen LogP contribution in [0.1, 0.15) is 11.6 Å². The van der Waals surface area contributed by atoms with Gasteiger partial charge in [0.2, 0.25) is 0 Å². The van der Waals surface area contributed by atoms with Crippen LogP contribution in [0.15, 0.2) is 48.0 Å². The normalized spacial score (nSPS) is 13.9. The summed E-state index contributed by atoms with van der Waals surface area (Å²) < 4.78 is 67.7. The fraction of sp³-hybridized carbons (Fsp3) is 0.154. The second-order valence-electron chi connectivity index (χ2n) is 4.97. The van der Waals surface area contributed by atoms with E-state index in [0.29, 0.717) is 0 Å². The molecule has 0 aliphatic heterocycles. The lowest BCUT2D eigenvalue weighted by Gasteiger charge is -2.21. The molecule has 2 aromatic heterocycles. The molecule has 0 amide bonds. The van der Waals surface area contributed by atoms with Gasteiger partial charge in [-0.15, -0.1) is 10.2 Å². The maximum absolute atomic E-state index is 13.3. The largest absolute Gasteiger partial charge is 0.408 e. The molecule has 0 saturated carbocycles. The number of hydrogen-bond acceptors (Lipinski definition) is 5. The molecule has 1 atom stereocenters. The van der Waals surface area contributed by atoms with E-state index in [0.717, 1.165) is 24.5 Å². The molecule has 0 fully saturated rings. The summed E-state index contributed by atoms with van der Waals surface area (Å²) in [6.45, 7) is 0. The molecule has 3 rings (SSSR count). The third kappa shape index (κ3) is 3.72. The van der Waals surface area contributed by atoms with Crippen molar-refractivity contribution in [3.63, 3.8) is 0 Å². The topological polar surface area (TPSA) is 89.2 Å². The predicted octanol–water partition coefficient (Wildman–Crippen LogP) is 2.36. The monoisotopic (exact) mass is 391 g/mol. The fourth-order valence-electron chi connectivity index (χ4n) is 2.05. The lowest BCUT2D eigenvalue weighted by molar-refractivity contribution is -0.153. The Morgan fingerprint density at radius 2 is 1.84 bits per heavy atom. The number of nitrogens with one attached hydrogen (secondary N) is 1. The number of hydrogen-bond donors (Lipinski definition) is 1. The summed E-state index contributed by atoms with van der Waals surface area (Å²) in [6, 6.07) is 3.24. The first kappa shape index (κ1) is 17.6. The number of benzene rings is 1. The van der Waals surface area contributed by atoms with Crippen LogP contribution in [0.3, 0.4) is 0 Å². The Balaban J connectivity index is 1.98. The molecule has 0 aliphatic rings. The summed E-state index contributed by atoms with van der Waals surface area (Å²) in [7, 11) is -4.57. The summed E-state index contributed by atoms with van der Waals surface area (Å²) in [5.74, 6) is 0. The van der Waals surface area contributed by atoms with Crippen molar-refractivity contribution in [2.45, 2.75) is 17.2 Å². The number of fused-ring (bicyclic) bond motifs is 1. The lowest BCUT2D eigenvalue weighted by Crippen LogP contribution is -2.38. The highest BCUT2D eigenvalue weighted by Gasteiger charge is 2.43. The van der Waals surface area contributed by atoms with Crippen LogP contribution in [-0.4, -0.2) is 34.2 Å². The highest BCUT2D eigenvalue weighted by molar-refractivity contribution is 7.89. The minimum absolute atomic E-state index is 0.130. The van der Waals surface area contributed by atoms with Gasteiger partial charge in [0.15, 0.2) is 10.7 Å². The van der Waals surface area contributed by atoms with E-state index < -0.39 is 27.3 Å². The van der Waals surface area contributed by atoms with Crippen LogP contribution in [0.4, 0.5) is 13.2 Å². The molecule has 12 heteroatoms. The number of halogens is 4. The minimum atomic E-state index is -4.86. The van der Waals surface area contributed by atoms with Crippen molar-refractivity contribution in [1.82, 2.24) is 24.3 Å². The number of aromatic nitrogens is 4. The standard InChI is InChI=1S/C13H9ClF3N5O2S/c14-9-3-1-8(2-4-9)12(13(15,16)17)21-25(23,24)11-5-10-20-19-7-22(10)6-18-11/h1-7,12,21H. The van der Waals surface area contributed by atoms with Gasteiger partial charge >= 0.3 is 6.18 Å². The Hall–Kier alpha value is -2.24. The van der Waals surface area contributed by atoms with Crippen molar-refractivity contribution < 1.29 is 21.6 Å². The average molecular weight is 392 g/mol. The molecular weight excluding hydrogens is 383 g/mol. The molecule has 1 unspecified atom stereocenters. The number of sulfonamides is 1. The molecule has 2 heterocycles. The molecule has 3 aromatic rings. The van der Waals surface area contributed by atoms with Gasteiger partial charge in [0.25, 0.3) is 10.0 Å². The molecule has 7 nitrogen and oxygen atoms in total. The van der Waals surface area contributed by atoms with E-state index in [1.807, 2.05) is 0 Å². The molecule has 0 saturated heterocycles. The molecule has 25 heavy (non-hydrogen) atoms. The van der Waals surface area contributed by atoms with Gasteiger partial charge in [-0.3, -0.25) is 4.40 Å². The first-order valence-electron chi connectivity index (χ1n) is 6.67. The summed E-state index contributed by atoms with van der Waals surface area (Å²) in [5.41, 5.74) is -0.172.